The highest BCUT2D eigenvalue weighted by atomic mass is 35.5. The number of rotatable bonds is 1. The number of nitrogens with two attached hydrogens (primary N) is 1. The number of halogens is 1. The van der Waals surface area contributed by atoms with E-state index in [1.54, 1.807) is 11.3 Å². The molecule has 4 nitrogen and oxygen atoms in total. The van der Waals surface area contributed by atoms with Gasteiger partial charge in [0.1, 0.15) is 0 Å². The molecule has 0 aliphatic rings. The van der Waals surface area contributed by atoms with Crippen LogP contribution in [0.1, 0.15) is 5.82 Å². The van der Waals surface area contributed by atoms with Gasteiger partial charge in [-0.1, -0.05) is 22.9 Å². The monoisotopic (exact) mass is 238 g/mol. The van der Waals surface area contributed by atoms with E-state index >= 15 is 0 Å². The van der Waals surface area contributed by atoms with Crippen molar-refractivity contribution in [1.82, 2.24) is 14.6 Å². The number of benzene rings is 1. The van der Waals surface area contributed by atoms with E-state index in [1.807, 2.05) is 22.6 Å². The minimum atomic E-state index is 0.385. The van der Waals surface area contributed by atoms with Crippen molar-refractivity contribution in [3.8, 4) is 0 Å². The van der Waals surface area contributed by atoms with Crippen molar-refractivity contribution >= 4 is 38.1 Å². The highest BCUT2D eigenvalue weighted by molar-refractivity contribution is 7.23. The SMILES string of the molecule is NCc1nnc2sc3cc(Cl)ccc3n12. The minimum Gasteiger partial charge on any atom is -0.324 e. The topological polar surface area (TPSA) is 56.2 Å². The van der Waals surface area contributed by atoms with Crippen molar-refractivity contribution in [1.29, 1.82) is 0 Å². The Morgan fingerprint density at radius 1 is 1.40 bits per heavy atom. The first-order valence-corrected chi connectivity index (χ1v) is 5.61. The molecule has 0 amide bonds. The fourth-order valence-corrected chi connectivity index (χ4v) is 2.85. The molecule has 2 aromatic heterocycles. The molecule has 0 unspecified atom stereocenters. The van der Waals surface area contributed by atoms with Crippen LogP contribution in [-0.4, -0.2) is 14.6 Å². The number of aromatic nitrogens is 3. The third-order valence-electron chi connectivity index (χ3n) is 2.25. The molecule has 0 aliphatic heterocycles. The zero-order valence-corrected chi connectivity index (χ0v) is 9.22. The summed E-state index contributed by atoms with van der Waals surface area (Å²) in [6.07, 6.45) is 0. The molecule has 0 fully saturated rings. The zero-order valence-electron chi connectivity index (χ0n) is 7.64. The lowest BCUT2D eigenvalue weighted by Gasteiger charge is -1.94. The van der Waals surface area contributed by atoms with Crippen molar-refractivity contribution in [2.75, 3.05) is 0 Å². The van der Waals surface area contributed by atoms with Gasteiger partial charge in [0.2, 0.25) is 4.96 Å². The lowest BCUT2D eigenvalue weighted by molar-refractivity contribution is 0.895. The van der Waals surface area contributed by atoms with E-state index in [9.17, 15) is 0 Å². The van der Waals surface area contributed by atoms with Crippen molar-refractivity contribution < 1.29 is 0 Å². The molecular formula is C9H7ClN4S. The molecule has 2 N–H and O–H groups in total. The molecule has 0 saturated heterocycles. The van der Waals surface area contributed by atoms with E-state index in [2.05, 4.69) is 10.2 Å². The lowest BCUT2D eigenvalue weighted by Crippen LogP contribution is -2.01. The Hall–Kier alpha value is -1.17. The van der Waals surface area contributed by atoms with Crippen molar-refractivity contribution in [3.63, 3.8) is 0 Å². The number of fused-ring (bicyclic) bond motifs is 3. The Morgan fingerprint density at radius 2 is 2.27 bits per heavy atom. The molecule has 15 heavy (non-hydrogen) atoms. The Balaban J connectivity index is 2.49. The second-order valence-electron chi connectivity index (χ2n) is 3.15. The lowest BCUT2D eigenvalue weighted by atomic mass is 10.3. The standard InChI is InChI=1S/C9H7ClN4S/c10-5-1-2-6-7(3-5)15-9-13-12-8(4-11)14(6)9/h1-3H,4,11H2. The summed E-state index contributed by atoms with van der Waals surface area (Å²) < 4.78 is 3.07. The smallest absolute Gasteiger partial charge is 0.217 e. The molecule has 0 bridgehead atoms. The molecule has 6 heteroatoms. The van der Waals surface area contributed by atoms with Gasteiger partial charge in [0, 0.05) is 5.02 Å². The average molecular weight is 239 g/mol. The zero-order chi connectivity index (χ0) is 10.4. The predicted molar refractivity (Wildman–Crippen MR) is 61.3 cm³/mol. The normalized spacial score (nSPS) is 11.6. The van der Waals surface area contributed by atoms with Crippen LogP contribution >= 0.6 is 22.9 Å². The van der Waals surface area contributed by atoms with Gasteiger partial charge >= 0.3 is 0 Å². The summed E-state index contributed by atoms with van der Waals surface area (Å²) in [7, 11) is 0. The Labute approximate surface area is 94.3 Å². The van der Waals surface area contributed by atoms with E-state index in [-0.39, 0.29) is 0 Å². The second kappa shape index (κ2) is 3.16. The quantitative estimate of drug-likeness (QED) is 0.706. The largest absolute Gasteiger partial charge is 0.324 e. The first-order valence-electron chi connectivity index (χ1n) is 4.42. The maximum Gasteiger partial charge on any atom is 0.217 e. The van der Waals surface area contributed by atoms with Gasteiger partial charge in [-0.15, -0.1) is 10.2 Å². The van der Waals surface area contributed by atoms with E-state index < -0.39 is 0 Å². The molecule has 0 aliphatic carbocycles. The summed E-state index contributed by atoms with van der Waals surface area (Å²) in [5.74, 6) is 0.776. The van der Waals surface area contributed by atoms with Crippen LogP contribution in [0, 0.1) is 0 Å². The molecular weight excluding hydrogens is 232 g/mol. The molecule has 76 valence electrons. The van der Waals surface area contributed by atoms with Crippen molar-refractivity contribution in [3.05, 3.63) is 29.0 Å². The van der Waals surface area contributed by atoms with Gasteiger partial charge in [-0.2, -0.15) is 0 Å². The maximum absolute atomic E-state index is 5.92. The third-order valence-corrected chi connectivity index (χ3v) is 3.48. The second-order valence-corrected chi connectivity index (χ2v) is 4.60. The molecule has 1 aromatic carbocycles. The van der Waals surface area contributed by atoms with Crippen molar-refractivity contribution in [2.24, 2.45) is 5.73 Å². The van der Waals surface area contributed by atoms with Crippen LogP contribution in [0.25, 0.3) is 15.2 Å². The van der Waals surface area contributed by atoms with Crippen LogP contribution in [0.5, 0.6) is 0 Å². The first kappa shape index (κ1) is 9.08. The van der Waals surface area contributed by atoms with Gasteiger partial charge in [-0.05, 0) is 18.2 Å². The summed E-state index contributed by atoms with van der Waals surface area (Å²) in [5, 5.41) is 8.81. The van der Waals surface area contributed by atoms with Gasteiger partial charge in [0.15, 0.2) is 5.82 Å². The third kappa shape index (κ3) is 1.24. The van der Waals surface area contributed by atoms with Crippen LogP contribution in [-0.2, 0) is 6.54 Å². The summed E-state index contributed by atoms with van der Waals surface area (Å²) in [6, 6.07) is 5.75. The highest BCUT2D eigenvalue weighted by Crippen LogP contribution is 2.28. The summed E-state index contributed by atoms with van der Waals surface area (Å²) in [5.41, 5.74) is 6.66. The molecule has 2 heterocycles. The van der Waals surface area contributed by atoms with E-state index in [4.69, 9.17) is 17.3 Å². The molecule has 0 saturated carbocycles. The fraction of sp³-hybridized carbons (Fsp3) is 0.111. The van der Waals surface area contributed by atoms with E-state index in [0.29, 0.717) is 6.54 Å². The Kier molecular flexibility index (Phi) is 1.92. The molecule has 3 aromatic rings. The van der Waals surface area contributed by atoms with Gasteiger partial charge in [0.05, 0.1) is 16.8 Å². The first-order chi connectivity index (χ1) is 7.29. The van der Waals surface area contributed by atoms with Crippen LogP contribution < -0.4 is 5.73 Å². The molecule has 3 rings (SSSR count). The van der Waals surface area contributed by atoms with Gasteiger partial charge < -0.3 is 5.73 Å². The van der Waals surface area contributed by atoms with Crippen molar-refractivity contribution in [2.45, 2.75) is 6.54 Å². The summed E-state index contributed by atoms with van der Waals surface area (Å²) in [6.45, 7) is 0.385. The molecule has 0 radical (unpaired) electrons. The van der Waals surface area contributed by atoms with Crippen LogP contribution in [0.15, 0.2) is 18.2 Å². The van der Waals surface area contributed by atoms with E-state index in [1.165, 1.54) is 0 Å². The van der Waals surface area contributed by atoms with Gasteiger partial charge in [0.25, 0.3) is 0 Å². The van der Waals surface area contributed by atoms with Gasteiger partial charge in [-0.3, -0.25) is 4.40 Å². The minimum absolute atomic E-state index is 0.385. The Morgan fingerprint density at radius 3 is 3.07 bits per heavy atom. The average Bonchev–Trinajstić information content (AvgIpc) is 2.74. The summed E-state index contributed by atoms with van der Waals surface area (Å²) in [4.78, 5) is 0.854. The summed E-state index contributed by atoms with van der Waals surface area (Å²) >= 11 is 7.48. The fourth-order valence-electron chi connectivity index (χ4n) is 1.59. The number of hydrogen-bond acceptors (Lipinski definition) is 4. The number of thiazole rings is 1. The highest BCUT2D eigenvalue weighted by Gasteiger charge is 2.10. The number of nitrogens with zero attached hydrogens (tertiary/aromatic N) is 3. The predicted octanol–water partition coefficient (Wildman–Crippen LogP) is 2.06. The van der Waals surface area contributed by atoms with Gasteiger partial charge in [-0.25, -0.2) is 0 Å². The van der Waals surface area contributed by atoms with Crippen LogP contribution in [0.2, 0.25) is 5.02 Å². The molecule has 0 spiro atoms. The Bertz CT molecular complexity index is 642. The van der Waals surface area contributed by atoms with E-state index in [0.717, 1.165) is 26.0 Å². The van der Waals surface area contributed by atoms with Crippen LogP contribution in [0.3, 0.4) is 0 Å². The van der Waals surface area contributed by atoms with Crippen LogP contribution in [0.4, 0.5) is 0 Å². The molecule has 0 atom stereocenters. The maximum atomic E-state index is 5.92. The number of hydrogen-bond donors (Lipinski definition) is 1.